The zero-order chi connectivity index (χ0) is 28.2. The van der Waals surface area contributed by atoms with E-state index in [4.69, 9.17) is 19.7 Å². The van der Waals surface area contributed by atoms with Crippen LogP contribution in [0.1, 0.15) is 95.6 Å². The molecule has 0 amide bonds. The van der Waals surface area contributed by atoms with E-state index < -0.39 is 0 Å². The molecule has 11 rings (SSSR count). The minimum absolute atomic E-state index is 0.0583. The molecule has 6 nitrogen and oxygen atoms in total. The quantitative estimate of drug-likeness (QED) is 0.310. The molecule has 0 radical (unpaired) electrons. The Labute approximate surface area is 247 Å². The summed E-state index contributed by atoms with van der Waals surface area (Å²) in [6, 6.07) is 5.17. The van der Waals surface area contributed by atoms with Crippen LogP contribution in [0.4, 0.5) is 4.39 Å². The van der Waals surface area contributed by atoms with Gasteiger partial charge in [0.2, 0.25) is 0 Å². The van der Waals surface area contributed by atoms with Crippen LogP contribution in [0.2, 0.25) is 0 Å². The summed E-state index contributed by atoms with van der Waals surface area (Å²) in [4.78, 5) is 16.2. The Morgan fingerprint density at radius 3 is 1.69 bits per heavy atom. The van der Waals surface area contributed by atoms with E-state index in [1.54, 1.807) is 16.8 Å². The second-order valence-electron chi connectivity index (χ2n) is 15.4. The van der Waals surface area contributed by atoms with Gasteiger partial charge in [-0.25, -0.2) is 19.3 Å². The van der Waals surface area contributed by atoms with E-state index in [0.717, 1.165) is 52.7 Å². The Morgan fingerprint density at radius 2 is 1.21 bits per heavy atom. The molecule has 7 heteroatoms. The van der Waals surface area contributed by atoms with Crippen molar-refractivity contribution >= 4 is 0 Å². The predicted octanol–water partition coefficient (Wildman–Crippen LogP) is 7.41. The van der Waals surface area contributed by atoms with Crippen molar-refractivity contribution in [3.05, 3.63) is 41.9 Å². The maximum Gasteiger partial charge on any atom is 0.165 e. The van der Waals surface area contributed by atoms with Crippen LogP contribution in [-0.2, 0) is 17.9 Å². The number of hydrogen-bond acceptors (Lipinski definition) is 5. The number of ether oxygens (including phenoxy) is 1. The van der Waals surface area contributed by atoms with E-state index in [0.29, 0.717) is 29.4 Å². The maximum atomic E-state index is 15.4. The van der Waals surface area contributed by atoms with Crippen LogP contribution in [-0.4, -0.2) is 31.3 Å². The second kappa shape index (κ2) is 9.09. The van der Waals surface area contributed by atoms with E-state index in [9.17, 15) is 0 Å². The van der Waals surface area contributed by atoms with Crippen molar-refractivity contribution in [3.8, 4) is 28.4 Å². The second-order valence-corrected chi connectivity index (χ2v) is 15.4. The topological polar surface area (TPSA) is 65.7 Å². The van der Waals surface area contributed by atoms with E-state index >= 15 is 4.39 Å². The average Bonchev–Trinajstić information content (AvgIpc) is 3.31. The lowest BCUT2D eigenvalue weighted by Gasteiger charge is -2.57. The standard InChI is InChI=1S/C35H42FN5O/c1-3-42-29-19-41(2)40-30(29)26-10-27(12-28(36)11-26)31-37-32(34-13-20-4-21(14-34)6-22(5-20)15-34)39-33(38-31)35-16-23-7-24(17-35)9-25(8-23)18-35/h10-12,19-25H,3-9,13-18H2,1-2H3. The molecule has 220 valence electrons. The molecule has 0 aliphatic heterocycles. The zero-order valence-corrected chi connectivity index (χ0v) is 25.0. The van der Waals surface area contributed by atoms with Crippen LogP contribution in [0, 0.1) is 41.3 Å². The van der Waals surface area contributed by atoms with Gasteiger partial charge in [-0.3, -0.25) is 4.68 Å². The lowest BCUT2D eigenvalue weighted by Crippen LogP contribution is -2.51. The fourth-order valence-electron chi connectivity index (χ4n) is 11.5. The van der Waals surface area contributed by atoms with Crippen molar-refractivity contribution in [1.82, 2.24) is 24.7 Å². The molecule has 8 aliphatic carbocycles. The van der Waals surface area contributed by atoms with Gasteiger partial charge in [0.1, 0.15) is 23.2 Å². The monoisotopic (exact) mass is 567 g/mol. The van der Waals surface area contributed by atoms with Gasteiger partial charge < -0.3 is 4.74 Å². The Kier molecular flexibility index (Phi) is 5.55. The number of aromatic nitrogens is 5. The van der Waals surface area contributed by atoms with Crippen molar-refractivity contribution in [3.63, 3.8) is 0 Å². The highest BCUT2D eigenvalue weighted by Gasteiger charge is 2.56. The first-order chi connectivity index (χ1) is 20.3. The summed E-state index contributed by atoms with van der Waals surface area (Å²) in [5.41, 5.74) is 2.18. The first kappa shape index (κ1) is 25.6. The molecule has 42 heavy (non-hydrogen) atoms. The Hall–Kier alpha value is -2.83. The van der Waals surface area contributed by atoms with Gasteiger partial charge in [0.25, 0.3) is 0 Å². The third-order valence-electron chi connectivity index (χ3n) is 12.2. The molecule has 0 atom stereocenters. The first-order valence-corrected chi connectivity index (χ1v) is 16.6. The minimum atomic E-state index is -0.302. The summed E-state index contributed by atoms with van der Waals surface area (Å²) in [5, 5.41) is 4.64. The fourth-order valence-corrected chi connectivity index (χ4v) is 11.5. The molecule has 0 N–H and O–H groups in total. The molecule has 2 heterocycles. The van der Waals surface area contributed by atoms with Gasteiger partial charge in [0.05, 0.1) is 12.8 Å². The van der Waals surface area contributed by atoms with Crippen LogP contribution < -0.4 is 4.74 Å². The van der Waals surface area contributed by atoms with Gasteiger partial charge in [-0.2, -0.15) is 5.10 Å². The van der Waals surface area contributed by atoms with E-state index in [1.165, 1.54) is 77.0 Å². The Morgan fingerprint density at radius 1 is 0.738 bits per heavy atom. The summed E-state index contributed by atoms with van der Waals surface area (Å²) < 4.78 is 23.0. The predicted molar refractivity (Wildman–Crippen MR) is 158 cm³/mol. The maximum absolute atomic E-state index is 15.4. The molecule has 8 bridgehead atoms. The van der Waals surface area contributed by atoms with E-state index in [1.807, 2.05) is 26.2 Å². The molecule has 0 saturated heterocycles. The molecule has 8 saturated carbocycles. The van der Waals surface area contributed by atoms with Crippen molar-refractivity contribution in [1.29, 1.82) is 0 Å². The van der Waals surface area contributed by atoms with Crippen molar-refractivity contribution in [2.24, 2.45) is 42.6 Å². The van der Waals surface area contributed by atoms with E-state index in [2.05, 4.69) is 5.10 Å². The van der Waals surface area contributed by atoms with Crippen LogP contribution >= 0.6 is 0 Å². The molecule has 0 unspecified atom stereocenters. The number of nitrogens with zero attached hydrogens (tertiary/aromatic N) is 5. The van der Waals surface area contributed by atoms with Crippen LogP contribution in [0.3, 0.4) is 0 Å². The van der Waals surface area contributed by atoms with Crippen LogP contribution in [0.15, 0.2) is 24.4 Å². The van der Waals surface area contributed by atoms with Crippen LogP contribution in [0.5, 0.6) is 5.75 Å². The summed E-state index contributed by atoms with van der Waals surface area (Å²) >= 11 is 0. The SMILES string of the molecule is CCOc1cn(C)nc1-c1cc(F)cc(-c2nc(C34CC5CC(CC(C5)C3)C4)nc(C34CC5CC(CC(C5)C3)C4)n2)c1. The largest absolute Gasteiger partial charge is 0.490 e. The number of benzene rings is 1. The van der Waals surface area contributed by atoms with Gasteiger partial charge in [0.15, 0.2) is 11.6 Å². The summed E-state index contributed by atoms with van der Waals surface area (Å²) in [6.07, 6.45) is 17.4. The van der Waals surface area contributed by atoms with Gasteiger partial charge in [-0.05, 0) is 138 Å². The summed E-state index contributed by atoms with van der Waals surface area (Å²) in [7, 11) is 1.87. The zero-order valence-electron chi connectivity index (χ0n) is 25.0. The normalized spacial score (nSPS) is 37.5. The highest BCUT2D eigenvalue weighted by atomic mass is 19.1. The summed E-state index contributed by atoms with van der Waals surface area (Å²) in [6.45, 7) is 2.48. The third kappa shape index (κ3) is 4.01. The molecule has 8 fully saturated rings. The minimum Gasteiger partial charge on any atom is -0.490 e. The third-order valence-corrected chi connectivity index (χ3v) is 12.2. The van der Waals surface area contributed by atoms with Gasteiger partial charge in [-0.15, -0.1) is 0 Å². The molecular weight excluding hydrogens is 525 g/mol. The lowest BCUT2D eigenvalue weighted by molar-refractivity contribution is -0.0155. The molecule has 1 aromatic carbocycles. The molecule has 2 aromatic heterocycles. The fraction of sp³-hybridized carbons (Fsp3) is 0.657. The highest BCUT2D eigenvalue weighted by Crippen LogP contribution is 2.62. The highest BCUT2D eigenvalue weighted by molar-refractivity contribution is 5.72. The molecule has 3 aromatic rings. The Balaban J connectivity index is 1.20. The van der Waals surface area contributed by atoms with Crippen molar-refractivity contribution in [2.45, 2.75) is 94.8 Å². The number of halogens is 1. The van der Waals surface area contributed by atoms with Crippen molar-refractivity contribution < 1.29 is 9.13 Å². The molecule has 0 spiro atoms. The Bertz CT molecular complexity index is 1430. The van der Waals surface area contributed by atoms with Crippen molar-refractivity contribution in [2.75, 3.05) is 6.61 Å². The molecular formula is C35H42FN5O. The number of rotatable bonds is 6. The first-order valence-electron chi connectivity index (χ1n) is 16.6. The molecule has 8 aliphatic rings. The van der Waals surface area contributed by atoms with Gasteiger partial charge in [0, 0.05) is 29.0 Å². The lowest BCUT2D eigenvalue weighted by atomic mass is 9.49. The van der Waals surface area contributed by atoms with Crippen LogP contribution in [0.25, 0.3) is 22.6 Å². The smallest absolute Gasteiger partial charge is 0.165 e. The summed E-state index contributed by atoms with van der Waals surface area (Å²) in [5.74, 6) is 7.90. The number of aryl methyl sites for hydroxylation is 1. The number of hydrogen-bond donors (Lipinski definition) is 0. The van der Waals surface area contributed by atoms with Gasteiger partial charge in [-0.1, -0.05) is 0 Å². The average molecular weight is 568 g/mol. The van der Waals surface area contributed by atoms with Gasteiger partial charge >= 0.3 is 0 Å². The van der Waals surface area contributed by atoms with E-state index in [-0.39, 0.29) is 16.6 Å².